The van der Waals surface area contributed by atoms with Crippen LogP contribution < -0.4 is 10.3 Å². The van der Waals surface area contributed by atoms with Crippen LogP contribution in [-0.4, -0.2) is 58.5 Å². The SMILES string of the molecule is CC(C)C(=O)N(C)CCN(CCCOc1ccc2c(ccc(=O)n2C)c1)Cc1ccncc1.Cl.Cl. The van der Waals surface area contributed by atoms with Gasteiger partial charge in [-0.3, -0.25) is 19.5 Å². The molecule has 0 fully saturated rings. The maximum absolute atomic E-state index is 12.2. The van der Waals surface area contributed by atoms with Crippen molar-refractivity contribution in [1.82, 2.24) is 19.4 Å². The zero-order valence-electron chi connectivity index (χ0n) is 20.8. The number of carbonyl (C=O) groups is 1. The number of halogens is 2. The second-order valence-electron chi connectivity index (χ2n) is 8.70. The van der Waals surface area contributed by atoms with E-state index >= 15 is 0 Å². The number of rotatable bonds is 11. The fraction of sp³-hybridized carbons (Fsp3) is 0.423. The van der Waals surface area contributed by atoms with Crippen LogP contribution in [0.4, 0.5) is 0 Å². The molecule has 0 spiro atoms. The Hall–Kier alpha value is -2.61. The molecule has 7 nitrogen and oxygen atoms in total. The number of hydrogen-bond acceptors (Lipinski definition) is 5. The molecule has 0 aliphatic carbocycles. The Morgan fingerprint density at radius 2 is 1.74 bits per heavy atom. The maximum atomic E-state index is 12.2. The molecule has 0 saturated carbocycles. The van der Waals surface area contributed by atoms with Crippen molar-refractivity contribution < 1.29 is 9.53 Å². The lowest BCUT2D eigenvalue weighted by Crippen LogP contribution is -2.38. The first kappa shape index (κ1) is 30.4. The van der Waals surface area contributed by atoms with E-state index in [0.717, 1.165) is 42.7 Å². The molecular weight excluding hydrogens is 487 g/mol. The number of likely N-dealkylation sites (N-methyl/N-ethyl adjacent to an activating group) is 1. The van der Waals surface area contributed by atoms with Crippen molar-refractivity contribution in [3.63, 3.8) is 0 Å². The second-order valence-corrected chi connectivity index (χ2v) is 8.70. The summed E-state index contributed by atoms with van der Waals surface area (Å²) in [6.07, 6.45) is 4.47. The first-order valence-electron chi connectivity index (χ1n) is 11.4. The summed E-state index contributed by atoms with van der Waals surface area (Å²) in [7, 11) is 3.64. The van der Waals surface area contributed by atoms with E-state index in [4.69, 9.17) is 4.74 Å². The Kier molecular flexibility index (Phi) is 12.8. The van der Waals surface area contributed by atoms with Crippen LogP contribution in [0, 0.1) is 5.92 Å². The molecule has 1 amide bonds. The summed E-state index contributed by atoms with van der Waals surface area (Å²) in [5.74, 6) is 0.960. The minimum absolute atomic E-state index is 0. The van der Waals surface area contributed by atoms with Crippen molar-refractivity contribution in [3.8, 4) is 5.75 Å². The van der Waals surface area contributed by atoms with Crippen molar-refractivity contribution in [3.05, 3.63) is 70.8 Å². The highest BCUT2D eigenvalue weighted by molar-refractivity contribution is 5.85. The van der Waals surface area contributed by atoms with Crippen LogP contribution in [0.15, 0.2) is 59.7 Å². The lowest BCUT2D eigenvalue weighted by Gasteiger charge is -2.26. The molecule has 0 unspecified atom stereocenters. The molecule has 2 heterocycles. The van der Waals surface area contributed by atoms with Gasteiger partial charge in [-0.25, -0.2) is 0 Å². The van der Waals surface area contributed by atoms with Gasteiger partial charge < -0.3 is 14.2 Å². The molecule has 2 aromatic heterocycles. The van der Waals surface area contributed by atoms with Gasteiger partial charge in [0, 0.05) is 70.0 Å². The number of aromatic nitrogens is 2. The van der Waals surface area contributed by atoms with E-state index < -0.39 is 0 Å². The molecule has 0 aliphatic rings. The van der Waals surface area contributed by atoms with Gasteiger partial charge in [-0.1, -0.05) is 13.8 Å². The summed E-state index contributed by atoms with van der Waals surface area (Å²) in [6.45, 7) is 7.58. The predicted molar refractivity (Wildman–Crippen MR) is 146 cm³/mol. The third kappa shape index (κ3) is 8.84. The zero-order valence-corrected chi connectivity index (χ0v) is 22.5. The Morgan fingerprint density at radius 1 is 1.03 bits per heavy atom. The van der Waals surface area contributed by atoms with E-state index in [1.165, 1.54) is 5.56 Å². The summed E-state index contributed by atoms with van der Waals surface area (Å²) in [6, 6.07) is 13.2. The fourth-order valence-corrected chi connectivity index (χ4v) is 3.79. The van der Waals surface area contributed by atoms with Crippen LogP contribution in [0.25, 0.3) is 10.9 Å². The van der Waals surface area contributed by atoms with Gasteiger partial charge in [-0.05, 0) is 48.4 Å². The van der Waals surface area contributed by atoms with Crippen molar-refractivity contribution in [2.75, 3.05) is 33.3 Å². The number of carbonyl (C=O) groups excluding carboxylic acids is 1. The summed E-state index contributed by atoms with van der Waals surface area (Å²) in [5, 5.41) is 0.978. The van der Waals surface area contributed by atoms with Crippen molar-refractivity contribution in [2.24, 2.45) is 13.0 Å². The average molecular weight is 524 g/mol. The molecule has 9 heteroatoms. The van der Waals surface area contributed by atoms with Gasteiger partial charge in [0.15, 0.2) is 0 Å². The molecule has 0 radical (unpaired) electrons. The first-order chi connectivity index (χ1) is 15.8. The zero-order chi connectivity index (χ0) is 23.8. The topological polar surface area (TPSA) is 67.7 Å². The van der Waals surface area contributed by atoms with Crippen LogP contribution in [0.1, 0.15) is 25.8 Å². The molecule has 0 aliphatic heterocycles. The van der Waals surface area contributed by atoms with Crippen LogP contribution in [0.5, 0.6) is 5.75 Å². The van der Waals surface area contributed by atoms with Crippen LogP contribution in [-0.2, 0) is 18.4 Å². The van der Waals surface area contributed by atoms with Gasteiger partial charge in [0.2, 0.25) is 5.91 Å². The molecule has 0 saturated heterocycles. The highest BCUT2D eigenvalue weighted by Gasteiger charge is 2.14. The number of nitrogens with zero attached hydrogens (tertiary/aromatic N) is 4. The third-order valence-corrected chi connectivity index (χ3v) is 5.76. The summed E-state index contributed by atoms with van der Waals surface area (Å²) < 4.78 is 7.63. The molecular formula is C26H36Cl2N4O3. The minimum atomic E-state index is -0.0220. The van der Waals surface area contributed by atoms with Gasteiger partial charge in [-0.2, -0.15) is 0 Å². The maximum Gasteiger partial charge on any atom is 0.250 e. The van der Waals surface area contributed by atoms with Crippen LogP contribution in [0.3, 0.4) is 0 Å². The van der Waals surface area contributed by atoms with E-state index in [1.54, 1.807) is 30.1 Å². The molecule has 35 heavy (non-hydrogen) atoms. The number of amides is 1. The van der Waals surface area contributed by atoms with Crippen molar-refractivity contribution in [1.29, 1.82) is 0 Å². The number of hydrogen-bond donors (Lipinski definition) is 0. The number of ether oxygens (including phenoxy) is 1. The average Bonchev–Trinajstić information content (AvgIpc) is 2.82. The normalized spacial score (nSPS) is 10.7. The summed E-state index contributed by atoms with van der Waals surface area (Å²) >= 11 is 0. The summed E-state index contributed by atoms with van der Waals surface area (Å²) in [4.78, 5) is 32.3. The molecule has 1 aromatic carbocycles. The molecule has 3 rings (SSSR count). The van der Waals surface area contributed by atoms with Gasteiger partial charge in [0.1, 0.15) is 5.75 Å². The van der Waals surface area contributed by atoms with Gasteiger partial charge in [0.25, 0.3) is 5.56 Å². The van der Waals surface area contributed by atoms with Gasteiger partial charge in [0.05, 0.1) is 12.1 Å². The Bertz CT molecular complexity index is 1120. The lowest BCUT2D eigenvalue weighted by atomic mass is 10.2. The van der Waals surface area contributed by atoms with Crippen molar-refractivity contribution >= 4 is 41.6 Å². The van der Waals surface area contributed by atoms with Gasteiger partial charge in [-0.15, -0.1) is 24.8 Å². The largest absolute Gasteiger partial charge is 0.494 e. The standard InChI is InChI=1S/C26H34N4O3.2ClH/c1-20(2)26(32)28(3)15-16-30(19-21-10-12-27-13-11-21)14-5-17-33-23-7-8-24-22(18-23)6-9-25(31)29(24)4;;/h6-13,18,20H,5,14-17,19H2,1-4H3;2*1H. The van der Waals surface area contributed by atoms with Crippen LogP contribution >= 0.6 is 24.8 Å². The van der Waals surface area contributed by atoms with Crippen molar-refractivity contribution in [2.45, 2.75) is 26.8 Å². The summed E-state index contributed by atoms with van der Waals surface area (Å²) in [5.41, 5.74) is 2.06. The number of fused-ring (bicyclic) bond motifs is 1. The second kappa shape index (κ2) is 14.7. The van der Waals surface area contributed by atoms with Crippen LogP contribution in [0.2, 0.25) is 0 Å². The van der Waals surface area contributed by atoms with Gasteiger partial charge >= 0.3 is 0 Å². The smallest absolute Gasteiger partial charge is 0.250 e. The molecule has 0 atom stereocenters. The quantitative estimate of drug-likeness (QED) is 0.353. The van der Waals surface area contributed by atoms with E-state index in [9.17, 15) is 9.59 Å². The Morgan fingerprint density at radius 3 is 2.43 bits per heavy atom. The third-order valence-electron chi connectivity index (χ3n) is 5.76. The number of aryl methyl sites for hydroxylation is 1. The molecule has 3 aromatic rings. The molecule has 192 valence electrons. The van der Waals surface area contributed by atoms with E-state index in [-0.39, 0.29) is 42.2 Å². The molecule has 0 N–H and O–H groups in total. The predicted octanol–water partition coefficient (Wildman–Crippen LogP) is 4.16. The molecule has 0 bridgehead atoms. The van der Waals surface area contributed by atoms with E-state index in [2.05, 4.69) is 9.88 Å². The first-order valence-corrected chi connectivity index (χ1v) is 11.4. The Labute approximate surface area is 219 Å². The Balaban J connectivity index is 0.00000306. The number of pyridine rings is 2. The highest BCUT2D eigenvalue weighted by Crippen LogP contribution is 2.19. The lowest BCUT2D eigenvalue weighted by molar-refractivity contribution is -0.133. The minimum Gasteiger partial charge on any atom is -0.494 e. The van der Waals surface area contributed by atoms with E-state index in [0.29, 0.717) is 13.2 Å². The fourth-order valence-electron chi connectivity index (χ4n) is 3.79. The van der Waals surface area contributed by atoms with E-state index in [1.807, 2.05) is 62.2 Å². The highest BCUT2D eigenvalue weighted by atomic mass is 35.5. The monoisotopic (exact) mass is 522 g/mol. The number of benzene rings is 1.